The molecule has 2 aromatic carbocycles. The summed E-state index contributed by atoms with van der Waals surface area (Å²) in [6.07, 6.45) is -3.92. The van der Waals surface area contributed by atoms with Gasteiger partial charge in [0.25, 0.3) is 11.2 Å². The van der Waals surface area contributed by atoms with E-state index in [9.17, 15) is 33.2 Å². The Kier molecular flexibility index (Phi) is 5.01. The molecule has 0 radical (unpaired) electrons. The number of ether oxygens (including phenoxy) is 1. The molecule has 0 fully saturated rings. The van der Waals surface area contributed by atoms with Gasteiger partial charge in [-0.3, -0.25) is 14.9 Å². The molecule has 28 heavy (non-hydrogen) atoms. The largest absolute Gasteiger partial charge is 0.573 e. The minimum absolute atomic E-state index is 0.0546. The minimum Gasteiger partial charge on any atom is -0.406 e. The molecule has 0 aliphatic rings. The van der Waals surface area contributed by atoms with Gasteiger partial charge in [0.15, 0.2) is 0 Å². The first kappa shape index (κ1) is 19.3. The summed E-state index contributed by atoms with van der Waals surface area (Å²) in [7, 11) is 0. The summed E-state index contributed by atoms with van der Waals surface area (Å²) in [5.41, 5.74) is -0.394. The van der Waals surface area contributed by atoms with Crippen molar-refractivity contribution in [3.8, 4) is 5.75 Å². The molecule has 11 heteroatoms. The van der Waals surface area contributed by atoms with E-state index >= 15 is 0 Å². The number of nitrogens with zero attached hydrogens (tertiary/aromatic N) is 3. The number of nitro groups is 1. The fraction of sp³-hybridized carbons (Fsp3) is 0.176. The van der Waals surface area contributed by atoms with Gasteiger partial charge in [0.05, 0.1) is 40.9 Å². The van der Waals surface area contributed by atoms with Crippen molar-refractivity contribution in [2.45, 2.75) is 19.5 Å². The van der Waals surface area contributed by atoms with E-state index in [4.69, 9.17) is 0 Å². The molecule has 0 atom stereocenters. The fourth-order valence-corrected chi connectivity index (χ4v) is 2.80. The third-order valence-corrected chi connectivity index (χ3v) is 3.93. The molecule has 0 amide bonds. The highest BCUT2D eigenvalue weighted by molar-refractivity contribution is 5.82. The Morgan fingerprint density at radius 2 is 2.00 bits per heavy atom. The number of aliphatic hydroxyl groups excluding tert-OH is 1. The number of aliphatic hydroxyl groups is 1. The van der Waals surface area contributed by atoms with Crippen LogP contribution in [-0.4, -0.2) is 25.9 Å². The topological polar surface area (TPSA) is 107 Å². The summed E-state index contributed by atoms with van der Waals surface area (Å²) >= 11 is 0. The van der Waals surface area contributed by atoms with E-state index in [1.807, 2.05) is 0 Å². The third-order valence-electron chi connectivity index (χ3n) is 3.93. The van der Waals surface area contributed by atoms with Gasteiger partial charge in [-0.1, -0.05) is 12.1 Å². The SMILES string of the molecule is O=c1cnc2c(CO)c([N+](=O)[O-])ccc2n1Cc1cccc(OC(F)(F)F)c1. The maximum Gasteiger partial charge on any atom is 0.573 e. The van der Waals surface area contributed by atoms with Crippen molar-refractivity contribution >= 4 is 16.7 Å². The van der Waals surface area contributed by atoms with Crippen LogP contribution in [0, 0.1) is 10.1 Å². The van der Waals surface area contributed by atoms with Crippen molar-refractivity contribution in [1.29, 1.82) is 0 Å². The van der Waals surface area contributed by atoms with Gasteiger partial charge in [-0.2, -0.15) is 0 Å². The Balaban J connectivity index is 2.09. The Labute approximate surface area is 154 Å². The monoisotopic (exact) mass is 395 g/mol. The van der Waals surface area contributed by atoms with Crippen LogP contribution >= 0.6 is 0 Å². The van der Waals surface area contributed by atoms with Gasteiger partial charge in [-0.05, 0) is 23.8 Å². The highest BCUT2D eigenvalue weighted by Gasteiger charge is 2.31. The highest BCUT2D eigenvalue weighted by Crippen LogP contribution is 2.27. The van der Waals surface area contributed by atoms with Crippen molar-refractivity contribution in [2.24, 2.45) is 0 Å². The van der Waals surface area contributed by atoms with Crippen LogP contribution in [0.4, 0.5) is 18.9 Å². The number of halogens is 3. The van der Waals surface area contributed by atoms with Gasteiger partial charge in [0, 0.05) is 6.07 Å². The maximum absolute atomic E-state index is 12.4. The lowest BCUT2D eigenvalue weighted by Gasteiger charge is -2.13. The molecule has 3 rings (SSSR count). The quantitative estimate of drug-likeness (QED) is 0.526. The molecule has 1 aromatic heterocycles. The predicted octanol–water partition coefficient (Wildman–Crippen LogP) is 2.74. The van der Waals surface area contributed by atoms with E-state index in [2.05, 4.69) is 9.72 Å². The number of alkyl halides is 3. The molecule has 0 saturated carbocycles. The van der Waals surface area contributed by atoms with Gasteiger partial charge in [0.1, 0.15) is 5.75 Å². The zero-order chi connectivity index (χ0) is 20.5. The molecule has 0 aliphatic carbocycles. The molecule has 0 spiro atoms. The second kappa shape index (κ2) is 7.27. The lowest BCUT2D eigenvalue weighted by atomic mass is 10.1. The van der Waals surface area contributed by atoms with E-state index in [0.717, 1.165) is 24.4 Å². The lowest BCUT2D eigenvalue weighted by Crippen LogP contribution is -2.22. The molecular weight excluding hydrogens is 383 g/mol. The number of hydrogen-bond acceptors (Lipinski definition) is 6. The summed E-state index contributed by atoms with van der Waals surface area (Å²) in [4.78, 5) is 26.6. The Morgan fingerprint density at radius 1 is 1.25 bits per heavy atom. The van der Waals surface area contributed by atoms with Gasteiger partial charge in [-0.25, -0.2) is 4.98 Å². The number of nitro benzene ring substituents is 1. The second-order valence-electron chi connectivity index (χ2n) is 5.72. The van der Waals surface area contributed by atoms with Crippen LogP contribution in [-0.2, 0) is 13.2 Å². The van der Waals surface area contributed by atoms with Crippen LogP contribution in [0.3, 0.4) is 0 Å². The summed E-state index contributed by atoms with van der Waals surface area (Å²) in [6.45, 7) is -0.802. The van der Waals surface area contributed by atoms with Crippen LogP contribution in [0.15, 0.2) is 47.4 Å². The van der Waals surface area contributed by atoms with Crippen molar-refractivity contribution in [2.75, 3.05) is 0 Å². The molecule has 0 aliphatic heterocycles. The zero-order valence-electron chi connectivity index (χ0n) is 14.0. The predicted molar refractivity (Wildman–Crippen MR) is 90.8 cm³/mol. The molecule has 1 heterocycles. The van der Waals surface area contributed by atoms with Crippen molar-refractivity contribution in [1.82, 2.24) is 9.55 Å². The number of benzene rings is 2. The summed E-state index contributed by atoms with van der Waals surface area (Å²) < 4.78 is 42.2. The maximum atomic E-state index is 12.4. The van der Waals surface area contributed by atoms with Gasteiger partial charge in [0.2, 0.25) is 0 Å². The third kappa shape index (κ3) is 3.93. The number of aromatic nitrogens is 2. The standard InChI is InChI=1S/C17H12F3N3O5/c18-17(19,20)28-11-3-1-2-10(6-11)8-22-14-5-4-13(23(26)27)12(9-24)16(14)21-7-15(22)25/h1-7,24H,8-9H2. The molecule has 0 unspecified atom stereocenters. The molecule has 0 bridgehead atoms. The van der Waals surface area contributed by atoms with Crippen LogP contribution in [0.2, 0.25) is 0 Å². The molecule has 3 aromatic rings. The van der Waals surface area contributed by atoms with Crippen LogP contribution in [0.25, 0.3) is 11.0 Å². The first-order valence-corrected chi connectivity index (χ1v) is 7.81. The van der Waals surface area contributed by atoms with E-state index in [0.29, 0.717) is 5.56 Å². The van der Waals surface area contributed by atoms with Gasteiger partial charge < -0.3 is 14.4 Å². The van der Waals surface area contributed by atoms with E-state index in [-0.39, 0.29) is 28.8 Å². The van der Waals surface area contributed by atoms with E-state index < -0.39 is 29.2 Å². The summed E-state index contributed by atoms with van der Waals surface area (Å²) in [5.74, 6) is -0.442. The van der Waals surface area contributed by atoms with E-state index in [1.165, 1.54) is 22.8 Å². The van der Waals surface area contributed by atoms with Crippen molar-refractivity contribution < 1.29 is 27.9 Å². The average Bonchev–Trinajstić information content (AvgIpc) is 2.61. The number of rotatable bonds is 5. The zero-order valence-corrected chi connectivity index (χ0v) is 14.0. The molecule has 0 saturated heterocycles. The molecular formula is C17H12F3N3O5. The Bertz CT molecular complexity index is 1110. The summed E-state index contributed by atoms with van der Waals surface area (Å²) in [5, 5.41) is 20.6. The average molecular weight is 395 g/mol. The Morgan fingerprint density at radius 3 is 2.64 bits per heavy atom. The highest BCUT2D eigenvalue weighted by atomic mass is 19.4. The molecule has 1 N–H and O–H groups in total. The number of fused-ring (bicyclic) bond motifs is 1. The first-order chi connectivity index (χ1) is 13.2. The summed E-state index contributed by atoms with van der Waals surface area (Å²) in [6, 6.07) is 7.53. The normalized spacial score (nSPS) is 11.6. The Hall–Kier alpha value is -3.47. The first-order valence-electron chi connectivity index (χ1n) is 7.81. The van der Waals surface area contributed by atoms with Crippen molar-refractivity contribution in [3.05, 3.63) is 74.2 Å². The van der Waals surface area contributed by atoms with Gasteiger partial charge in [-0.15, -0.1) is 13.2 Å². The van der Waals surface area contributed by atoms with Gasteiger partial charge >= 0.3 is 6.36 Å². The lowest BCUT2D eigenvalue weighted by molar-refractivity contribution is -0.385. The molecule has 8 nitrogen and oxygen atoms in total. The molecule has 146 valence electrons. The van der Waals surface area contributed by atoms with E-state index in [1.54, 1.807) is 0 Å². The fourth-order valence-electron chi connectivity index (χ4n) is 2.80. The van der Waals surface area contributed by atoms with Crippen molar-refractivity contribution in [3.63, 3.8) is 0 Å². The minimum atomic E-state index is -4.85. The smallest absolute Gasteiger partial charge is 0.406 e. The number of hydrogen-bond donors (Lipinski definition) is 1. The van der Waals surface area contributed by atoms with Crippen LogP contribution < -0.4 is 10.3 Å². The van der Waals surface area contributed by atoms with Crippen LogP contribution in [0.1, 0.15) is 11.1 Å². The second-order valence-corrected chi connectivity index (χ2v) is 5.72. The van der Waals surface area contributed by atoms with Crippen LogP contribution in [0.5, 0.6) is 5.75 Å².